The van der Waals surface area contributed by atoms with Crippen molar-refractivity contribution in [3.05, 3.63) is 6.20 Å². The smallest absolute Gasteiger partial charge is 0.147 e. The van der Waals surface area contributed by atoms with Crippen LogP contribution in [0, 0.1) is 0 Å². The first-order valence-corrected chi connectivity index (χ1v) is 7.27. The van der Waals surface area contributed by atoms with Gasteiger partial charge >= 0.3 is 0 Å². The van der Waals surface area contributed by atoms with Crippen molar-refractivity contribution in [2.75, 3.05) is 18.0 Å². The highest BCUT2D eigenvalue weighted by atomic mass is 15.5. The predicted molar refractivity (Wildman–Crippen MR) is 71.7 cm³/mol. The Balaban J connectivity index is 1.71. The molecule has 5 nitrogen and oxygen atoms in total. The third-order valence-corrected chi connectivity index (χ3v) is 4.01. The van der Waals surface area contributed by atoms with E-state index in [1.165, 1.54) is 44.5 Å². The first-order valence-electron chi connectivity index (χ1n) is 7.27. The first kappa shape index (κ1) is 12.0. The second-order valence-corrected chi connectivity index (χ2v) is 5.44. The van der Waals surface area contributed by atoms with E-state index in [9.17, 15) is 0 Å². The predicted octanol–water partition coefficient (Wildman–Crippen LogP) is 1.41. The van der Waals surface area contributed by atoms with Crippen molar-refractivity contribution in [1.82, 2.24) is 20.3 Å². The molecule has 0 radical (unpaired) electrons. The highest BCUT2D eigenvalue weighted by molar-refractivity contribution is 5.40. The maximum atomic E-state index is 4.16. The van der Waals surface area contributed by atoms with Crippen LogP contribution < -0.4 is 10.2 Å². The van der Waals surface area contributed by atoms with Crippen molar-refractivity contribution in [3.8, 4) is 0 Å². The van der Waals surface area contributed by atoms with Gasteiger partial charge in [0.25, 0.3) is 0 Å². The van der Waals surface area contributed by atoms with Crippen LogP contribution in [0.1, 0.15) is 39.0 Å². The SMILES string of the molecule is CCn1nncc1N(CC1CCCCN1)C1CC1. The molecule has 3 rings (SSSR count). The number of nitrogens with zero attached hydrogens (tertiary/aromatic N) is 4. The van der Waals surface area contributed by atoms with Gasteiger partial charge in [-0.3, -0.25) is 0 Å². The van der Waals surface area contributed by atoms with Gasteiger partial charge in [0.1, 0.15) is 5.82 Å². The van der Waals surface area contributed by atoms with E-state index in [1.54, 1.807) is 0 Å². The largest absolute Gasteiger partial charge is 0.351 e. The average molecular weight is 249 g/mol. The average Bonchev–Trinajstić information content (AvgIpc) is 3.14. The molecule has 1 aliphatic carbocycles. The van der Waals surface area contributed by atoms with Gasteiger partial charge in [-0.05, 0) is 39.2 Å². The number of aryl methyl sites for hydroxylation is 1. The lowest BCUT2D eigenvalue weighted by atomic mass is 10.0. The van der Waals surface area contributed by atoms with Crippen LogP contribution in [-0.4, -0.2) is 40.2 Å². The minimum atomic E-state index is 0.638. The van der Waals surface area contributed by atoms with E-state index in [1.807, 2.05) is 10.9 Å². The molecule has 1 aromatic heterocycles. The number of rotatable bonds is 5. The Hall–Kier alpha value is -1.10. The summed E-state index contributed by atoms with van der Waals surface area (Å²) >= 11 is 0. The monoisotopic (exact) mass is 249 g/mol. The Kier molecular flexibility index (Phi) is 3.50. The molecule has 1 unspecified atom stereocenters. The zero-order valence-corrected chi connectivity index (χ0v) is 11.2. The summed E-state index contributed by atoms with van der Waals surface area (Å²) in [5.41, 5.74) is 0. The molecule has 0 spiro atoms. The Morgan fingerprint density at radius 1 is 1.39 bits per heavy atom. The second-order valence-electron chi connectivity index (χ2n) is 5.44. The summed E-state index contributed by atoms with van der Waals surface area (Å²) in [6.07, 6.45) is 8.56. The number of nitrogens with one attached hydrogen (secondary N) is 1. The standard InChI is InChI=1S/C13H23N5/c1-2-18-13(9-15-16-18)17(12-6-7-12)10-11-5-3-4-8-14-11/h9,11-12,14H,2-8,10H2,1H3. The lowest BCUT2D eigenvalue weighted by Crippen LogP contribution is -2.45. The molecule has 0 bridgehead atoms. The Morgan fingerprint density at radius 2 is 2.28 bits per heavy atom. The van der Waals surface area contributed by atoms with E-state index in [0.29, 0.717) is 6.04 Å². The quantitative estimate of drug-likeness (QED) is 0.857. The zero-order chi connectivity index (χ0) is 12.4. The summed E-state index contributed by atoms with van der Waals surface area (Å²) in [6.45, 7) is 5.31. The second kappa shape index (κ2) is 5.26. The summed E-state index contributed by atoms with van der Waals surface area (Å²) in [5, 5.41) is 11.9. The van der Waals surface area contributed by atoms with Gasteiger partial charge in [0.15, 0.2) is 0 Å². The van der Waals surface area contributed by atoms with E-state index in [4.69, 9.17) is 0 Å². The van der Waals surface area contributed by atoms with Gasteiger partial charge in [-0.1, -0.05) is 11.6 Å². The van der Waals surface area contributed by atoms with E-state index in [2.05, 4.69) is 27.5 Å². The highest BCUT2D eigenvalue weighted by Gasteiger charge is 2.33. The van der Waals surface area contributed by atoms with Crippen molar-refractivity contribution >= 4 is 5.82 Å². The maximum Gasteiger partial charge on any atom is 0.147 e. The van der Waals surface area contributed by atoms with Crippen molar-refractivity contribution in [2.24, 2.45) is 0 Å². The number of aromatic nitrogens is 3. The van der Waals surface area contributed by atoms with Gasteiger partial charge in [-0.2, -0.15) is 0 Å². The van der Waals surface area contributed by atoms with Gasteiger partial charge in [-0.25, -0.2) is 4.68 Å². The molecule has 2 aliphatic rings. The van der Waals surface area contributed by atoms with Crippen molar-refractivity contribution in [2.45, 2.75) is 57.7 Å². The first-order chi connectivity index (χ1) is 8.88. The third-order valence-electron chi connectivity index (χ3n) is 4.01. The molecule has 2 heterocycles. The fourth-order valence-electron chi connectivity index (χ4n) is 2.83. The van der Waals surface area contributed by atoms with Crippen LogP contribution in [0.4, 0.5) is 5.82 Å². The summed E-state index contributed by atoms with van der Waals surface area (Å²) in [6, 6.07) is 1.36. The Bertz CT molecular complexity index is 378. The Morgan fingerprint density at radius 3 is 2.94 bits per heavy atom. The normalized spacial score (nSPS) is 24.2. The molecule has 0 aromatic carbocycles. The number of anilines is 1. The van der Waals surface area contributed by atoms with Crippen LogP contribution in [0.3, 0.4) is 0 Å². The summed E-state index contributed by atoms with van der Waals surface area (Å²) in [5.74, 6) is 1.20. The number of hydrogen-bond donors (Lipinski definition) is 1. The van der Waals surface area contributed by atoms with Gasteiger partial charge in [0, 0.05) is 25.2 Å². The molecular formula is C13H23N5. The van der Waals surface area contributed by atoms with Crippen LogP contribution >= 0.6 is 0 Å². The van der Waals surface area contributed by atoms with Crippen LogP contribution in [0.25, 0.3) is 0 Å². The fourth-order valence-corrected chi connectivity index (χ4v) is 2.83. The lowest BCUT2D eigenvalue weighted by molar-refractivity contribution is 0.396. The van der Waals surface area contributed by atoms with Crippen molar-refractivity contribution in [3.63, 3.8) is 0 Å². The molecule has 1 atom stereocenters. The van der Waals surface area contributed by atoms with Gasteiger partial charge < -0.3 is 10.2 Å². The zero-order valence-electron chi connectivity index (χ0n) is 11.2. The Labute approximate surface area is 109 Å². The molecule has 1 saturated carbocycles. The number of piperidine rings is 1. The highest BCUT2D eigenvalue weighted by Crippen LogP contribution is 2.31. The molecule has 1 aliphatic heterocycles. The number of hydrogen-bond acceptors (Lipinski definition) is 4. The van der Waals surface area contributed by atoms with Crippen LogP contribution in [0.15, 0.2) is 6.20 Å². The van der Waals surface area contributed by atoms with Crippen LogP contribution in [-0.2, 0) is 6.54 Å². The van der Waals surface area contributed by atoms with Gasteiger partial charge in [-0.15, -0.1) is 5.10 Å². The van der Waals surface area contributed by atoms with E-state index in [0.717, 1.165) is 19.1 Å². The fraction of sp³-hybridized carbons (Fsp3) is 0.846. The van der Waals surface area contributed by atoms with Crippen LogP contribution in [0.5, 0.6) is 0 Å². The molecule has 1 aromatic rings. The summed E-state index contributed by atoms with van der Waals surface area (Å²) < 4.78 is 2.02. The molecule has 1 saturated heterocycles. The third kappa shape index (κ3) is 2.51. The van der Waals surface area contributed by atoms with E-state index >= 15 is 0 Å². The van der Waals surface area contributed by atoms with Crippen molar-refractivity contribution in [1.29, 1.82) is 0 Å². The molecule has 18 heavy (non-hydrogen) atoms. The van der Waals surface area contributed by atoms with Gasteiger partial charge in [0.2, 0.25) is 0 Å². The maximum absolute atomic E-state index is 4.16. The topological polar surface area (TPSA) is 46.0 Å². The lowest BCUT2D eigenvalue weighted by Gasteiger charge is -2.31. The minimum absolute atomic E-state index is 0.638. The molecule has 2 fully saturated rings. The van der Waals surface area contributed by atoms with E-state index in [-0.39, 0.29) is 0 Å². The van der Waals surface area contributed by atoms with Crippen molar-refractivity contribution < 1.29 is 0 Å². The molecule has 100 valence electrons. The summed E-state index contributed by atoms with van der Waals surface area (Å²) in [4.78, 5) is 2.52. The van der Waals surface area contributed by atoms with Crippen LogP contribution in [0.2, 0.25) is 0 Å². The molecule has 0 amide bonds. The molecular weight excluding hydrogens is 226 g/mol. The molecule has 5 heteroatoms. The molecule has 1 N–H and O–H groups in total. The van der Waals surface area contributed by atoms with Gasteiger partial charge in [0.05, 0.1) is 6.20 Å². The minimum Gasteiger partial charge on any atom is -0.351 e. The van der Waals surface area contributed by atoms with E-state index < -0.39 is 0 Å². The summed E-state index contributed by atoms with van der Waals surface area (Å²) in [7, 11) is 0.